The number of halogens is 1. The lowest BCUT2D eigenvalue weighted by molar-refractivity contribution is 0.102. The van der Waals surface area contributed by atoms with E-state index in [1.54, 1.807) is 42.5 Å². The molecule has 0 saturated heterocycles. The van der Waals surface area contributed by atoms with Crippen LogP contribution in [0.5, 0.6) is 0 Å². The van der Waals surface area contributed by atoms with Gasteiger partial charge in [0.2, 0.25) is 0 Å². The Morgan fingerprint density at radius 2 is 2.05 bits per heavy atom. The number of hydrogen-bond acceptors (Lipinski definition) is 2. The van der Waals surface area contributed by atoms with Crippen molar-refractivity contribution in [2.24, 2.45) is 0 Å². The van der Waals surface area contributed by atoms with E-state index in [4.69, 9.17) is 12.2 Å². The van der Waals surface area contributed by atoms with Crippen LogP contribution in [0.4, 0.5) is 11.4 Å². The van der Waals surface area contributed by atoms with Gasteiger partial charge in [0.25, 0.3) is 5.91 Å². The molecular weight excluding hydrogens is 304 g/mol. The molecule has 0 saturated carbocycles. The molecule has 0 bridgehead atoms. The smallest absolute Gasteiger partial charge is 0.256 e. The lowest BCUT2D eigenvalue weighted by Gasteiger charge is -2.08. The molecule has 4 heteroatoms. The van der Waals surface area contributed by atoms with Gasteiger partial charge in [-0.05, 0) is 52.3 Å². The summed E-state index contributed by atoms with van der Waals surface area (Å²) < 4.78 is 0.687. The van der Waals surface area contributed by atoms with Crippen LogP contribution in [0.3, 0.4) is 0 Å². The minimum absolute atomic E-state index is 0.242. The Bertz CT molecular complexity index is 674. The number of benzene rings is 2. The van der Waals surface area contributed by atoms with E-state index in [2.05, 4.69) is 27.2 Å². The molecule has 2 rings (SSSR count). The van der Waals surface area contributed by atoms with Crippen molar-refractivity contribution in [3.8, 4) is 12.3 Å². The maximum atomic E-state index is 12.1. The zero-order chi connectivity index (χ0) is 13.8. The van der Waals surface area contributed by atoms with Crippen molar-refractivity contribution in [1.29, 1.82) is 0 Å². The standard InChI is InChI=1S/C15H11BrN2O/c1-2-10-4-3-5-12(8-10)18-15(19)13-9-11(17)6-7-14(13)16/h1,3-9H,17H2,(H,18,19). The average Bonchev–Trinajstić information content (AvgIpc) is 2.41. The molecule has 0 aliphatic heterocycles. The Balaban J connectivity index is 2.26. The minimum atomic E-state index is -0.242. The largest absolute Gasteiger partial charge is 0.399 e. The van der Waals surface area contributed by atoms with E-state index in [-0.39, 0.29) is 5.91 Å². The van der Waals surface area contributed by atoms with E-state index >= 15 is 0 Å². The summed E-state index contributed by atoms with van der Waals surface area (Å²) in [6.07, 6.45) is 5.32. The van der Waals surface area contributed by atoms with Gasteiger partial charge in [0.15, 0.2) is 0 Å². The summed E-state index contributed by atoms with van der Waals surface area (Å²) in [5, 5.41) is 2.78. The zero-order valence-corrected chi connectivity index (χ0v) is 11.6. The first-order valence-electron chi connectivity index (χ1n) is 5.53. The van der Waals surface area contributed by atoms with Crippen LogP contribution >= 0.6 is 15.9 Å². The van der Waals surface area contributed by atoms with Gasteiger partial charge in [-0.15, -0.1) is 6.42 Å². The topological polar surface area (TPSA) is 55.1 Å². The van der Waals surface area contributed by atoms with Gasteiger partial charge in [-0.2, -0.15) is 0 Å². The molecule has 2 aromatic carbocycles. The molecule has 0 aliphatic rings. The number of amides is 1. The molecule has 0 aliphatic carbocycles. The maximum Gasteiger partial charge on any atom is 0.256 e. The van der Waals surface area contributed by atoms with Crippen molar-refractivity contribution in [1.82, 2.24) is 0 Å². The third kappa shape index (κ3) is 3.15. The average molecular weight is 315 g/mol. The van der Waals surface area contributed by atoms with Crippen LogP contribution in [0.25, 0.3) is 0 Å². The van der Waals surface area contributed by atoms with E-state index in [1.807, 2.05) is 0 Å². The maximum absolute atomic E-state index is 12.1. The Labute approximate surface area is 120 Å². The van der Waals surface area contributed by atoms with Crippen molar-refractivity contribution in [2.45, 2.75) is 0 Å². The molecule has 3 nitrogen and oxygen atoms in total. The van der Waals surface area contributed by atoms with Crippen LogP contribution in [0.15, 0.2) is 46.9 Å². The van der Waals surface area contributed by atoms with Gasteiger partial charge >= 0.3 is 0 Å². The van der Waals surface area contributed by atoms with E-state index in [0.717, 1.165) is 0 Å². The molecule has 0 unspecified atom stereocenters. The van der Waals surface area contributed by atoms with E-state index < -0.39 is 0 Å². The van der Waals surface area contributed by atoms with Crippen molar-refractivity contribution in [3.05, 3.63) is 58.1 Å². The first kappa shape index (κ1) is 13.2. The molecule has 3 N–H and O–H groups in total. The summed E-state index contributed by atoms with van der Waals surface area (Å²) >= 11 is 3.32. The summed E-state index contributed by atoms with van der Waals surface area (Å²) in [6, 6.07) is 12.2. The first-order valence-corrected chi connectivity index (χ1v) is 6.32. The second-order valence-electron chi connectivity index (χ2n) is 3.92. The summed E-state index contributed by atoms with van der Waals surface area (Å²) in [5.74, 6) is 2.28. The fourth-order valence-electron chi connectivity index (χ4n) is 1.60. The number of nitrogens with two attached hydrogens (primary N) is 1. The van der Waals surface area contributed by atoms with Crippen LogP contribution in [0.2, 0.25) is 0 Å². The number of anilines is 2. The fourth-order valence-corrected chi connectivity index (χ4v) is 2.03. The Kier molecular flexibility index (Phi) is 3.88. The second-order valence-corrected chi connectivity index (χ2v) is 4.77. The summed E-state index contributed by atoms with van der Waals surface area (Å²) in [7, 11) is 0. The molecule has 94 valence electrons. The molecule has 1 amide bonds. The number of rotatable bonds is 2. The number of terminal acetylenes is 1. The molecule has 0 fully saturated rings. The van der Waals surface area contributed by atoms with E-state index in [0.29, 0.717) is 27.0 Å². The van der Waals surface area contributed by atoms with Crippen LogP contribution in [0.1, 0.15) is 15.9 Å². The molecule has 0 heterocycles. The van der Waals surface area contributed by atoms with E-state index in [9.17, 15) is 4.79 Å². The molecule has 19 heavy (non-hydrogen) atoms. The monoisotopic (exact) mass is 314 g/mol. The third-order valence-electron chi connectivity index (χ3n) is 2.52. The minimum Gasteiger partial charge on any atom is -0.399 e. The van der Waals surface area contributed by atoms with Gasteiger partial charge in [-0.1, -0.05) is 12.0 Å². The highest BCUT2D eigenvalue weighted by Gasteiger charge is 2.10. The van der Waals surface area contributed by atoms with Gasteiger partial charge in [0, 0.05) is 21.4 Å². The highest BCUT2D eigenvalue weighted by molar-refractivity contribution is 9.10. The highest BCUT2D eigenvalue weighted by Crippen LogP contribution is 2.21. The number of hydrogen-bond donors (Lipinski definition) is 2. The van der Waals surface area contributed by atoms with Gasteiger partial charge in [0.1, 0.15) is 0 Å². The molecular formula is C15H11BrN2O. The first-order chi connectivity index (χ1) is 9.10. The lowest BCUT2D eigenvalue weighted by atomic mass is 10.1. The number of nitrogens with one attached hydrogen (secondary N) is 1. The third-order valence-corrected chi connectivity index (χ3v) is 3.21. The molecule has 0 aromatic heterocycles. The predicted octanol–water partition coefficient (Wildman–Crippen LogP) is 3.26. The zero-order valence-electron chi connectivity index (χ0n) is 9.98. The van der Waals surface area contributed by atoms with Gasteiger partial charge in [-0.3, -0.25) is 4.79 Å². The van der Waals surface area contributed by atoms with Crippen molar-refractivity contribution in [2.75, 3.05) is 11.1 Å². The summed E-state index contributed by atoms with van der Waals surface area (Å²) in [5.41, 5.74) is 8.05. The molecule has 2 aromatic rings. The SMILES string of the molecule is C#Cc1cccc(NC(=O)c2cc(N)ccc2Br)c1. The van der Waals surface area contributed by atoms with Crippen LogP contribution in [-0.2, 0) is 0 Å². The molecule has 0 radical (unpaired) electrons. The number of carbonyl (C=O) groups is 1. The quantitative estimate of drug-likeness (QED) is 0.660. The van der Waals surface area contributed by atoms with E-state index in [1.165, 1.54) is 0 Å². The van der Waals surface area contributed by atoms with Crippen molar-refractivity contribution >= 4 is 33.2 Å². The normalized spacial score (nSPS) is 9.68. The van der Waals surface area contributed by atoms with Crippen molar-refractivity contribution < 1.29 is 4.79 Å². The summed E-state index contributed by atoms with van der Waals surface area (Å²) in [6.45, 7) is 0. The van der Waals surface area contributed by atoms with Gasteiger partial charge in [-0.25, -0.2) is 0 Å². The van der Waals surface area contributed by atoms with Crippen LogP contribution in [0, 0.1) is 12.3 Å². The van der Waals surface area contributed by atoms with Gasteiger partial charge in [0.05, 0.1) is 5.56 Å². The van der Waals surface area contributed by atoms with Gasteiger partial charge < -0.3 is 11.1 Å². The highest BCUT2D eigenvalue weighted by atomic mass is 79.9. The Hall–Kier alpha value is -2.25. The number of nitrogen functional groups attached to an aromatic ring is 1. The van der Waals surface area contributed by atoms with Crippen LogP contribution in [-0.4, -0.2) is 5.91 Å². The molecule has 0 spiro atoms. The van der Waals surface area contributed by atoms with Crippen LogP contribution < -0.4 is 11.1 Å². The molecule has 0 atom stereocenters. The predicted molar refractivity (Wildman–Crippen MR) is 80.9 cm³/mol. The Morgan fingerprint density at radius 3 is 2.79 bits per heavy atom. The Morgan fingerprint density at radius 1 is 1.26 bits per heavy atom. The lowest BCUT2D eigenvalue weighted by Crippen LogP contribution is -2.13. The second kappa shape index (κ2) is 5.59. The fraction of sp³-hybridized carbons (Fsp3) is 0. The summed E-state index contributed by atoms with van der Waals surface area (Å²) in [4.78, 5) is 12.1. The number of carbonyl (C=O) groups excluding carboxylic acids is 1. The van der Waals surface area contributed by atoms with Crippen molar-refractivity contribution in [3.63, 3.8) is 0 Å².